The van der Waals surface area contributed by atoms with E-state index in [1.165, 1.54) is 31.4 Å². The summed E-state index contributed by atoms with van der Waals surface area (Å²) in [4.78, 5) is 10.1. The van der Waals surface area contributed by atoms with Crippen LogP contribution in [0.5, 0.6) is 0 Å². The van der Waals surface area contributed by atoms with Gasteiger partial charge in [0.05, 0.1) is 4.92 Å². The molecule has 4 nitrogen and oxygen atoms in total. The molecule has 0 bridgehead atoms. The minimum Gasteiger partial charge on any atom is -0.383 e. The van der Waals surface area contributed by atoms with E-state index in [0.717, 1.165) is 12.1 Å². The third-order valence-corrected chi connectivity index (χ3v) is 2.73. The van der Waals surface area contributed by atoms with Gasteiger partial charge in [-0.1, -0.05) is 26.2 Å². The second kappa shape index (κ2) is 6.89. The van der Waals surface area contributed by atoms with Crippen LogP contribution in [0.4, 0.5) is 11.4 Å². The van der Waals surface area contributed by atoms with Crippen LogP contribution in [0.2, 0.25) is 0 Å². The Labute approximate surface area is 102 Å². The average molecular weight is 236 g/mol. The molecule has 0 aliphatic rings. The van der Waals surface area contributed by atoms with Crippen molar-refractivity contribution in [1.29, 1.82) is 0 Å². The Morgan fingerprint density at radius 3 is 2.47 bits per heavy atom. The summed E-state index contributed by atoms with van der Waals surface area (Å²) in [7, 11) is 0. The molecule has 1 N–H and O–H groups in total. The quantitative estimate of drug-likeness (QED) is 0.442. The lowest BCUT2D eigenvalue weighted by molar-refractivity contribution is -0.384. The number of anilines is 1. The fraction of sp³-hybridized carbons (Fsp3) is 0.538. The third-order valence-electron chi connectivity index (χ3n) is 2.73. The van der Waals surface area contributed by atoms with Gasteiger partial charge in [0.25, 0.3) is 5.69 Å². The lowest BCUT2D eigenvalue weighted by Gasteiger charge is -2.14. The first-order valence-corrected chi connectivity index (χ1v) is 6.14. The number of nitrogens with zero attached hydrogens (tertiary/aromatic N) is 1. The van der Waals surface area contributed by atoms with Crippen molar-refractivity contribution in [2.45, 2.75) is 45.6 Å². The molecule has 0 radical (unpaired) electrons. The normalized spacial score (nSPS) is 12.1. The first-order valence-electron chi connectivity index (χ1n) is 6.14. The summed E-state index contributed by atoms with van der Waals surface area (Å²) in [5.74, 6) is 0. The molecule has 0 aromatic heterocycles. The number of rotatable bonds is 7. The minimum absolute atomic E-state index is 0.134. The van der Waals surface area contributed by atoms with Crippen molar-refractivity contribution in [1.82, 2.24) is 0 Å². The molecule has 0 amide bonds. The summed E-state index contributed by atoms with van der Waals surface area (Å²) in [6.45, 7) is 4.32. The van der Waals surface area contributed by atoms with Crippen LogP contribution in [0.15, 0.2) is 24.3 Å². The highest BCUT2D eigenvalue weighted by atomic mass is 16.6. The Morgan fingerprint density at radius 2 is 1.94 bits per heavy atom. The van der Waals surface area contributed by atoms with Crippen molar-refractivity contribution >= 4 is 11.4 Å². The molecule has 1 aromatic carbocycles. The fourth-order valence-electron chi connectivity index (χ4n) is 1.74. The van der Waals surface area contributed by atoms with Gasteiger partial charge in [0.2, 0.25) is 0 Å². The van der Waals surface area contributed by atoms with Crippen LogP contribution in [-0.2, 0) is 0 Å². The Hall–Kier alpha value is -1.58. The van der Waals surface area contributed by atoms with E-state index in [-0.39, 0.29) is 10.6 Å². The number of nitro benzene ring substituents is 1. The van der Waals surface area contributed by atoms with Gasteiger partial charge in [-0.3, -0.25) is 10.1 Å². The maximum absolute atomic E-state index is 10.5. The molecular formula is C13H20N2O2. The molecular weight excluding hydrogens is 216 g/mol. The van der Waals surface area contributed by atoms with E-state index in [9.17, 15) is 10.1 Å². The van der Waals surface area contributed by atoms with Gasteiger partial charge < -0.3 is 5.32 Å². The van der Waals surface area contributed by atoms with Gasteiger partial charge in [0, 0.05) is 23.9 Å². The number of unbranched alkanes of at least 4 members (excludes halogenated alkanes) is 2. The van der Waals surface area contributed by atoms with E-state index < -0.39 is 0 Å². The smallest absolute Gasteiger partial charge is 0.269 e. The lowest BCUT2D eigenvalue weighted by atomic mass is 10.1. The zero-order chi connectivity index (χ0) is 12.7. The standard InChI is InChI=1S/C13H20N2O2/c1-3-4-5-6-11(2)14-12-7-9-13(10-8-12)15(16)17/h7-11,14H,3-6H2,1-2H3. The molecule has 0 saturated heterocycles. The summed E-state index contributed by atoms with van der Waals surface area (Å²) in [6, 6.07) is 6.98. The molecule has 1 atom stereocenters. The number of non-ortho nitro benzene ring substituents is 1. The van der Waals surface area contributed by atoms with Gasteiger partial charge in [-0.15, -0.1) is 0 Å². The fourth-order valence-corrected chi connectivity index (χ4v) is 1.74. The SMILES string of the molecule is CCCCCC(C)Nc1ccc([N+](=O)[O-])cc1. The van der Waals surface area contributed by atoms with Crippen molar-refractivity contribution in [3.63, 3.8) is 0 Å². The van der Waals surface area contributed by atoms with Crippen LogP contribution < -0.4 is 5.32 Å². The van der Waals surface area contributed by atoms with Crippen molar-refractivity contribution in [2.75, 3.05) is 5.32 Å². The van der Waals surface area contributed by atoms with E-state index >= 15 is 0 Å². The Bertz CT molecular complexity index is 349. The van der Waals surface area contributed by atoms with Crippen LogP contribution in [0, 0.1) is 10.1 Å². The van der Waals surface area contributed by atoms with E-state index in [1.54, 1.807) is 12.1 Å². The van der Waals surface area contributed by atoms with Gasteiger partial charge in [0.15, 0.2) is 0 Å². The number of nitro groups is 1. The largest absolute Gasteiger partial charge is 0.383 e. The summed E-state index contributed by atoms with van der Waals surface area (Å²) < 4.78 is 0. The van der Waals surface area contributed by atoms with Crippen molar-refractivity contribution < 1.29 is 4.92 Å². The highest BCUT2D eigenvalue weighted by molar-refractivity contribution is 5.48. The third kappa shape index (κ3) is 4.85. The highest BCUT2D eigenvalue weighted by Crippen LogP contribution is 2.17. The Morgan fingerprint density at radius 1 is 1.29 bits per heavy atom. The first-order chi connectivity index (χ1) is 8.13. The van der Waals surface area contributed by atoms with Crippen LogP contribution in [0.3, 0.4) is 0 Å². The summed E-state index contributed by atoms with van der Waals surface area (Å²) in [6.07, 6.45) is 4.83. The number of hydrogen-bond donors (Lipinski definition) is 1. The molecule has 94 valence electrons. The number of nitrogens with one attached hydrogen (secondary N) is 1. The van der Waals surface area contributed by atoms with Gasteiger partial charge in [0.1, 0.15) is 0 Å². The molecule has 1 rings (SSSR count). The second-order valence-electron chi connectivity index (χ2n) is 4.35. The van der Waals surface area contributed by atoms with Gasteiger partial charge in [-0.25, -0.2) is 0 Å². The maximum atomic E-state index is 10.5. The Balaban J connectivity index is 2.43. The number of benzene rings is 1. The molecule has 0 aliphatic heterocycles. The average Bonchev–Trinajstić information content (AvgIpc) is 2.30. The van der Waals surface area contributed by atoms with Crippen molar-refractivity contribution in [3.8, 4) is 0 Å². The minimum atomic E-state index is -0.380. The monoisotopic (exact) mass is 236 g/mol. The predicted molar refractivity (Wildman–Crippen MR) is 70.3 cm³/mol. The molecule has 4 heteroatoms. The molecule has 0 saturated carbocycles. The predicted octanol–water partition coefficient (Wildman–Crippen LogP) is 3.98. The van der Waals surface area contributed by atoms with Crippen molar-refractivity contribution in [2.24, 2.45) is 0 Å². The zero-order valence-electron chi connectivity index (χ0n) is 10.5. The van der Waals surface area contributed by atoms with Gasteiger partial charge in [-0.2, -0.15) is 0 Å². The summed E-state index contributed by atoms with van der Waals surface area (Å²) in [5, 5.41) is 13.8. The number of hydrogen-bond acceptors (Lipinski definition) is 3. The second-order valence-corrected chi connectivity index (χ2v) is 4.35. The van der Waals surface area contributed by atoms with Crippen LogP contribution in [0.25, 0.3) is 0 Å². The van der Waals surface area contributed by atoms with E-state index in [4.69, 9.17) is 0 Å². The maximum Gasteiger partial charge on any atom is 0.269 e. The van der Waals surface area contributed by atoms with Crippen LogP contribution in [0.1, 0.15) is 39.5 Å². The van der Waals surface area contributed by atoms with Gasteiger partial charge >= 0.3 is 0 Å². The molecule has 0 fully saturated rings. The Kier molecular flexibility index (Phi) is 5.46. The van der Waals surface area contributed by atoms with Crippen molar-refractivity contribution in [3.05, 3.63) is 34.4 Å². The van der Waals surface area contributed by atoms with Crippen LogP contribution in [-0.4, -0.2) is 11.0 Å². The van der Waals surface area contributed by atoms with E-state index in [2.05, 4.69) is 19.2 Å². The zero-order valence-corrected chi connectivity index (χ0v) is 10.5. The topological polar surface area (TPSA) is 55.2 Å². The molecule has 1 aromatic rings. The van der Waals surface area contributed by atoms with Gasteiger partial charge in [-0.05, 0) is 25.5 Å². The molecule has 0 aliphatic carbocycles. The van der Waals surface area contributed by atoms with E-state index in [0.29, 0.717) is 6.04 Å². The molecule has 0 spiro atoms. The lowest BCUT2D eigenvalue weighted by Crippen LogP contribution is -2.14. The van der Waals surface area contributed by atoms with E-state index in [1.807, 2.05) is 0 Å². The summed E-state index contributed by atoms with van der Waals surface area (Å²) >= 11 is 0. The molecule has 1 unspecified atom stereocenters. The van der Waals surface area contributed by atoms with Crippen LogP contribution >= 0.6 is 0 Å². The first kappa shape index (κ1) is 13.5. The summed E-state index contributed by atoms with van der Waals surface area (Å²) in [5.41, 5.74) is 1.08. The highest BCUT2D eigenvalue weighted by Gasteiger charge is 2.05. The molecule has 17 heavy (non-hydrogen) atoms. The molecule has 0 heterocycles.